The van der Waals surface area contributed by atoms with Crippen LogP contribution < -0.4 is 15.5 Å². The number of para-hydroxylation sites is 1. The van der Waals surface area contributed by atoms with E-state index < -0.39 is 11.9 Å². The second-order valence-corrected chi connectivity index (χ2v) is 6.85. The fourth-order valence-corrected chi connectivity index (χ4v) is 3.72. The number of nitrogens with two attached hydrogens (primary N) is 1. The van der Waals surface area contributed by atoms with Crippen molar-refractivity contribution in [3.63, 3.8) is 0 Å². The minimum atomic E-state index is -0.781. The van der Waals surface area contributed by atoms with Crippen LogP contribution in [0.5, 0.6) is 0 Å². The van der Waals surface area contributed by atoms with Gasteiger partial charge in [0.05, 0.1) is 6.61 Å². The van der Waals surface area contributed by atoms with Gasteiger partial charge in [-0.1, -0.05) is 31.0 Å². The lowest BCUT2D eigenvalue weighted by Crippen LogP contribution is -2.69. The molecule has 2 heterocycles. The molecule has 0 bridgehead atoms. The first-order valence-electron chi connectivity index (χ1n) is 9.31. The van der Waals surface area contributed by atoms with Crippen LogP contribution in [0.1, 0.15) is 32.1 Å². The smallest absolute Gasteiger partial charge is 0.373 e. The molecule has 2 aliphatic heterocycles. The van der Waals surface area contributed by atoms with E-state index in [1.807, 2.05) is 30.3 Å². The molecule has 3 amide bonds. The number of aliphatic imine (C=N–C) groups is 1. The van der Waals surface area contributed by atoms with Crippen molar-refractivity contribution in [2.24, 2.45) is 10.7 Å². The van der Waals surface area contributed by atoms with E-state index in [4.69, 9.17) is 10.5 Å². The second kappa shape index (κ2) is 10.1. The highest BCUT2D eigenvalue weighted by molar-refractivity contribution is 14.0. The van der Waals surface area contributed by atoms with Gasteiger partial charge >= 0.3 is 6.03 Å². The Hall–Kier alpha value is -1.52. The van der Waals surface area contributed by atoms with E-state index in [-0.39, 0.29) is 41.1 Å². The summed E-state index contributed by atoms with van der Waals surface area (Å²) in [4.78, 5) is 30.0. The van der Waals surface area contributed by atoms with Crippen LogP contribution in [0, 0.1) is 0 Å². The van der Waals surface area contributed by atoms with Gasteiger partial charge in [0, 0.05) is 13.0 Å². The van der Waals surface area contributed by atoms with Crippen LogP contribution in [0.4, 0.5) is 10.5 Å². The molecule has 0 spiro atoms. The lowest BCUT2D eigenvalue weighted by molar-refractivity contribution is -0.126. The van der Waals surface area contributed by atoms with E-state index >= 15 is 0 Å². The third-order valence-corrected chi connectivity index (χ3v) is 5.18. The molecule has 27 heavy (non-hydrogen) atoms. The van der Waals surface area contributed by atoms with Gasteiger partial charge in [0.1, 0.15) is 24.7 Å². The molecule has 0 aliphatic carbocycles. The fourth-order valence-electron chi connectivity index (χ4n) is 3.72. The molecule has 8 heteroatoms. The summed E-state index contributed by atoms with van der Waals surface area (Å²) in [5.74, 6) is 0.158. The Morgan fingerprint density at radius 1 is 1.15 bits per heavy atom. The van der Waals surface area contributed by atoms with Crippen molar-refractivity contribution >= 4 is 47.4 Å². The van der Waals surface area contributed by atoms with E-state index in [2.05, 4.69) is 10.3 Å². The molecule has 2 fully saturated rings. The Morgan fingerprint density at radius 2 is 1.89 bits per heavy atom. The Kier molecular flexibility index (Phi) is 8.18. The standard InChI is InChI=1S/C19H26N4O3.HI/c20-18(24)16-14-26-13-12-23(16,15-8-4-3-5-9-15)19(25)22-17-10-6-1-2-7-11-21-17;/h3-5,8-9,16H,1-2,6-7,10-14H2,(H2-,20,21,22,24,25);1H/p+1. The summed E-state index contributed by atoms with van der Waals surface area (Å²) in [6.45, 7) is 1.66. The van der Waals surface area contributed by atoms with Crippen molar-refractivity contribution in [2.45, 2.75) is 38.1 Å². The van der Waals surface area contributed by atoms with Crippen LogP contribution in [0.25, 0.3) is 0 Å². The first-order valence-corrected chi connectivity index (χ1v) is 9.31. The molecule has 1 aromatic rings. The van der Waals surface area contributed by atoms with Crippen molar-refractivity contribution in [1.29, 1.82) is 0 Å². The lowest BCUT2D eigenvalue weighted by atomic mass is 10.1. The summed E-state index contributed by atoms with van der Waals surface area (Å²) in [5, 5.41) is 3.28. The largest absolute Gasteiger partial charge is 0.450 e. The molecule has 148 valence electrons. The van der Waals surface area contributed by atoms with Gasteiger partial charge in [-0.05, 0) is 25.0 Å². The second-order valence-electron chi connectivity index (χ2n) is 6.85. The Morgan fingerprint density at radius 3 is 2.63 bits per heavy atom. The van der Waals surface area contributed by atoms with Gasteiger partial charge in [0.15, 0.2) is 0 Å². The van der Waals surface area contributed by atoms with Gasteiger partial charge in [-0.25, -0.2) is 4.79 Å². The van der Waals surface area contributed by atoms with Crippen LogP contribution >= 0.6 is 24.0 Å². The molecule has 2 aliphatic rings. The van der Waals surface area contributed by atoms with E-state index in [0.29, 0.717) is 19.0 Å². The number of hydrogen-bond acceptors (Lipinski definition) is 3. The summed E-state index contributed by atoms with van der Waals surface area (Å²) in [6, 6.07) is 8.17. The van der Waals surface area contributed by atoms with Crippen LogP contribution in [0.15, 0.2) is 35.3 Å². The maximum Gasteiger partial charge on any atom is 0.450 e. The van der Waals surface area contributed by atoms with E-state index in [0.717, 1.165) is 37.9 Å². The molecular weight excluding hydrogens is 459 g/mol. The van der Waals surface area contributed by atoms with E-state index in [9.17, 15) is 9.59 Å². The SMILES string of the molecule is I.NC(=O)C1COCC[N+]1(C(=O)N=C1CCCCCCN1)c1ccccc1. The Labute approximate surface area is 176 Å². The topological polar surface area (TPSA) is 93.8 Å². The number of nitrogens with zero attached hydrogens (tertiary/aromatic N) is 2. The lowest BCUT2D eigenvalue weighted by Gasteiger charge is -2.41. The van der Waals surface area contributed by atoms with Gasteiger partial charge in [-0.3, -0.25) is 4.79 Å². The number of primary amides is 1. The zero-order valence-electron chi connectivity index (χ0n) is 15.4. The summed E-state index contributed by atoms with van der Waals surface area (Å²) in [7, 11) is 0. The van der Waals surface area contributed by atoms with Crippen molar-refractivity contribution in [3.8, 4) is 0 Å². The van der Waals surface area contributed by atoms with Crippen molar-refractivity contribution < 1.29 is 14.3 Å². The van der Waals surface area contributed by atoms with Crippen LogP contribution in [0.3, 0.4) is 0 Å². The molecule has 0 saturated carbocycles. The normalized spacial score (nSPS) is 27.6. The quantitative estimate of drug-likeness (QED) is 0.496. The molecule has 1 aromatic carbocycles. The van der Waals surface area contributed by atoms with Gasteiger partial charge in [-0.2, -0.15) is 4.48 Å². The van der Waals surface area contributed by atoms with E-state index in [1.54, 1.807) is 0 Å². The summed E-state index contributed by atoms with van der Waals surface area (Å²) in [5.41, 5.74) is 6.37. The number of benzene rings is 1. The highest BCUT2D eigenvalue weighted by Crippen LogP contribution is 2.31. The molecule has 7 nitrogen and oxygen atoms in total. The molecular formula is C19H28IN4O3+. The predicted octanol–water partition coefficient (Wildman–Crippen LogP) is 2.57. The minimum absolute atomic E-state index is 0. The van der Waals surface area contributed by atoms with E-state index in [1.165, 1.54) is 6.42 Å². The van der Waals surface area contributed by atoms with Gasteiger partial charge in [-0.15, -0.1) is 29.0 Å². The number of quaternary nitrogens is 1. The Bertz CT molecular complexity index is 673. The molecule has 2 saturated heterocycles. The zero-order chi connectivity index (χ0) is 18.4. The third-order valence-electron chi connectivity index (χ3n) is 5.18. The average molecular weight is 487 g/mol. The number of urea groups is 1. The molecule has 0 radical (unpaired) electrons. The number of carbonyl (C=O) groups excluding carboxylic acids is 2. The molecule has 2 unspecified atom stereocenters. The zero-order valence-corrected chi connectivity index (χ0v) is 17.8. The molecule has 2 atom stereocenters. The number of nitrogens with one attached hydrogen (secondary N) is 1. The number of halogens is 1. The first kappa shape index (κ1) is 21.8. The maximum atomic E-state index is 13.4. The molecule has 0 aromatic heterocycles. The van der Waals surface area contributed by atoms with Crippen molar-refractivity contribution in [3.05, 3.63) is 30.3 Å². The molecule has 3 N–H and O–H groups in total. The predicted molar refractivity (Wildman–Crippen MR) is 116 cm³/mol. The average Bonchev–Trinajstić information content (AvgIpc) is 2.64. The third kappa shape index (κ3) is 4.85. The summed E-state index contributed by atoms with van der Waals surface area (Å²) >= 11 is 0. The number of hydrogen-bond donors (Lipinski definition) is 2. The first-order chi connectivity index (χ1) is 12.6. The number of rotatable bonds is 2. The summed E-state index contributed by atoms with van der Waals surface area (Å²) < 4.78 is 5.26. The number of carbonyl (C=O) groups is 2. The number of ether oxygens (including phenoxy) is 1. The Balaban J connectivity index is 0.00000261. The van der Waals surface area contributed by atoms with Crippen LogP contribution in [0.2, 0.25) is 0 Å². The number of morpholine rings is 1. The van der Waals surface area contributed by atoms with Gasteiger partial charge < -0.3 is 15.8 Å². The van der Waals surface area contributed by atoms with Crippen molar-refractivity contribution in [2.75, 3.05) is 26.3 Å². The number of amides is 3. The monoisotopic (exact) mass is 487 g/mol. The highest BCUT2D eigenvalue weighted by Gasteiger charge is 2.52. The fraction of sp³-hybridized carbons (Fsp3) is 0.526. The number of amidine groups is 1. The van der Waals surface area contributed by atoms with Crippen molar-refractivity contribution in [1.82, 2.24) is 9.80 Å². The maximum absolute atomic E-state index is 13.4. The van der Waals surface area contributed by atoms with Crippen LogP contribution in [-0.2, 0) is 9.53 Å². The van der Waals surface area contributed by atoms with Gasteiger partial charge in [0.2, 0.25) is 6.04 Å². The van der Waals surface area contributed by atoms with Gasteiger partial charge in [0.25, 0.3) is 5.91 Å². The molecule has 3 rings (SSSR count). The summed E-state index contributed by atoms with van der Waals surface area (Å²) in [6.07, 6.45) is 5.17. The minimum Gasteiger partial charge on any atom is -0.373 e. The van der Waals surface area contributed by atoms with Crippen LogP contribution in [-0.4, -0.2) is 50.1 Å². The highest BCUT2D eigenvalue weighted by atomic mass is 127.